The fourth-order valence-corrected chi connectivity index (χ4v) is 6.37. The zero-order valence-electron chi connectivity index (χ0n) is 25.1. The van der Waals surface area contributed by atoms with Crippen LogP contribution < -0.4 is 15.6 Å². The van der Waals surface area contributed by atoms with Crippen molar-refractivity contribution in [1.29, 1.82) is 0 Å². The molecule has 0 unspecified atom stereocenters. The van der Waals surface area contributed by atoms with Crippen molar-refractivity contribution in [1.82, 2.24) is 24.6 Å². The van der Waals surface area contributed by atoms with E-state index in [1.807, 2.05) is 36.4 Å². The van der Waals surface area contributed by atoms with Gasteiger partial charge in [0.2, 0.25) is 11.8 Å². The largest absolute Gasteiger partial charge is 0.481 e. The molecule has 5 aromatic rings. The summed E-state index contributed by atoms with van der Waals surface area (Å²) in [5, 5.41) is 22.8. The first-order chi connectivity index (χ1) is 22.7. The number of rotatable bonds is 9. The summed E-state index contributed by atoms with van der Waals surface area (Å²) < 4.78 is 6.96. The number of aliphatic hydroxyl groups is 1. The van der Waals surface area contributed by atoms with Gasteiger partial charge in [0.25, 0.3) is 5.56 Å². The molecule has 3 N–H and O–H groups in total. The highest BCUT2D eigenvalue weighted by atomic mass is 35.5. The molecule has 1 atom stereocenters. The SMILES string of the molecule is COc1nc(-c2cccc(-c3cccc(-c4ccc5nc(CO)cc(=O)n5c4)c3Cl)c2Cl)ccc1CN(C[C@@H]1CCC(=O)N1)C(=O)O. The van der Waals surface area contributed by atoms with E-state index in [1.165, 1.54) is 22.5 Å². The van der Waals surface area contributed by atoms with Gasteiger partial charge in [-0.25, -0.2) is 14.8 Å². The molecule has 1 aliphatic heterocycles. The number of methoxy groups -OCH3 is 1. The molecule has 1 aliphatic rings. The second kappa shape index (κ2) is 13.4. The number of carboxylic acid groups (broad SMARTS) is 1. The Labute approximate surface area is 279 Å². The standard InChI is InChI=1S/C34H29Cl2N5O6/c1-47-33-20(15-40(34(45)46)17-21-10-13-29(43)38-21)8-11-27(39-33)26-7-3-6-25(32(26)36)24-5-2-4-23(31(24)35)19-9-12-28-37-22(18-42)14-30(44)41(28)16-19/h2-9,11-12,14,16,21,42H,10,13,15,17-18H2,1H3,(H,38,43)(H,45,46)/t21-/m0/s1. The van der Waals surface area contributed by atoms with Gasteiger partial charge < -0.3 is 25.2 Å². The first-order valence-electron chi connectivity index (χ1n) is 14.7. The number of nitrogens with one attached hydrogen (secondary N) is 1. The summed E-state index contributed by atoms with van der Waals surface area (Å²) in [6, 6.07) is 19.1. The normalized spacial score (nSPS) is 14.3. The smallest absolute Gasteiger partial charge is 0.407 e. The van der Waals surface area contributed by atoms with E-state index in [1.54, 1.807) is 30.5 Å². The third-order valence-corrected chi connectivity index (χ3v) is 8.85. The van der Waals surface area contributed by atoms with E-state index in [-0.39, 0.29) is 48.8 Å². The number of aliphatic hydroxyl groups excluding tert-OH is 1. The molecule has 13 heteroatoms. The van der Waals surface area contributed by atoms with Gasteiger partial charge in [-0.1, -0.05) is 59.6 Å². The number of halogens is 2. The van der Waals surface area contributed by atoms with Crippen LogP contribution >= 0.6 is 23.2 Å². The molecule has 4 heterocycles. The van der Waals surface area contributed by atoms with E-state index in [0.717, 1.165) is 0 Å². The summed E-state index contributed by atoms with van der Waals surface area (Å²) in [5.41, 5.74) is 4.73. The fourth-order valence-electron chi connectivity index (χ4n) is 5.71. The summed E-state index contributed by atoms with van der Waals surface area (Å²) in [7, 11) is 1.46. The number of carbonyl (C=O) groups is 2. The molecule has 0 bridgehead atoms. The molecule has 1 saturated heterocycles. The van der Waals surface area contributed by atoms with Crippen LogP contribution in [0.3, 0.4) is 0 Å². The van der Waals surface area contributed by atoms with Gasteiger partial charge in [-0.15, -0.1) is 0 Å². The lowest BCUT2D eigenvalue weighted by Gasteiger charge is -2.23. The van der Waals surface area contributed by atoms with Gasteiger partial charge in [0.1, 0.15) is 5.65 Å². The Morgan fingerprint density at radius 2 is 1.70 bits per heavy atom. The zero-order chi connectivity index (χ0) is 33.2. The Morgan fingerprint density at radius 3 is 2.36 bits per heavy atom. The van der Waals surface area contributed by atoms with Gasteiger partial charge >= 0.3 is 6.09 Å². The lowest BCUT2D eigenvalue weighted by molar-refractivity contribution is -0.119. The summed E-state index contributed by atoms with van der Waals surface area (Å²) in [6.45, 7) is -0.162. The highest BCUT2D eigenvalue weighted by molar-refractivity contribution is 6.39. The Morgan fingerprint density at radius 1 is 1.00 bits per heavy atom. The molecular formula is C34H29Cl2N5O6. The molecule has 240 valence electrons. The number of aromatic nitrogens is 3. The van der Waals surface area contributed by atoms with Gasteiger partial charge in [-0.3, -0.25) is 14.0 Å². The van der Waals surface area contributed by atoms with Crippen LogP contribution in [-0.2, 0) is 17.9 Å². The van der Waals surface area contributed by atoms with Crippen LogP contribution in [0, 0.1) is 0 Å². The summed E-state index contributed by atoms with van der Waals surface area (Å²) in [4.78, 5) is 46.5. The number of ether oxygens (including phenoxy) is 1. The Kier molecular flexibility index (Phi) is 9.12. The van der Waals surface area contributed by atoms with E-state index >= 15 is 0 Å². The minimum absolute atomic E-state index is 0.0217. The number of hydrogen-bond acceptors (Lipinski definition) is 7. The van der Waals surface area contributed by atoms with E-state index < -0.39 is 6.09 Å². The number of amides is 2. The van der Waals surface area contributed by atoms with Crippen molar-refractivity contribution in [2.45, 2.75) is 32.0 Å². The Bertz CT molecular complexity index is 2090. The maximum absolute atomic E-state index is 12.7. The lowest BCUT2D eigenvalue weighted by Crippen LogP contribution is -2.41. The van der Waals surface area contributed by atoms with Gasteiger partial charge in [0, 0.05) is 64.7 Å². The van der Waals surface area contributed by atoms with Gasteiger partial charge in [0.05, 0.1) is 41.7 Å². The van der Waals surface area contributed by atoms with Crippen LogP contribution in [0.2, 0.25) is 10.0 Å². The summed E-state index contributed by atoms with van der Waals surface area (Å²) >= 11 is 14.0. The lowest BCUT2D eigenvalue weighted by atomic mass is 9.97. The quantitative estimate of drug-likeness (QED) is 0.182. The van der Waals surface area contributed by atoms with Crippen molar-refractivity contribution >= 4 is 40.8 Å². The highest BCUT2D eigenvalue weighted by Gasteiger charge is 2.26. The third kappa shape index (κ3) is 6.50. The number of fused-ring (bicyclic) bond motifs is 1. The van der Waals surface area contributed by atoms with Gasteiger partial charge in [-0.05, 0) is 30.7 Å². The molecule has 1 fully saturated rings. The molecule has 6 rings (SSSR count). The highest BCUT2D eigenvalue weighted by Crippen LogP contribution is 2.42. The molecule has 3 aromatic heterocycles. The van der Waals surface area contributed by atoms with Crippen molar-refractivity contribution in [3.63, 3.8) is 0 Å². The van der Waals surface area contributed by atoms with Gasteiger partial charge in [-0.2, -0.15) is 0 Å². The fraction of sp³-hybridized carbons (Fsp3) is 0.206. The van der Waals surface area contributed by atoms with Crippen LogP contribution in [0.5, 0.6) is 5.88 Å². The maximum atomic E-state index is 12.7. The molecular weight excluding hydrogens is 645 g/mol. The number of nitrogens with zero attached hydrogens (tertiary/aromatic N) is 4. The van der Waals surface area contributed by atoms with E-state index in [0.29, 0.717) is 67.6 Å². The zero-order valence-corrected chi connectivity index (χ0v) is 26.6. The van der Waals surface area contributed by atoms with Gasteiger partial charge in [0.15, 0.2) is 0 Å². The van der Waals surface area contributed by atoms with Crippen LogP contribution in [0.4, 0.5) is 4.79 Å². The monoisotopic (exact) mass is 673 g/mol. The molecule has 11 nitrogen and oxygen atoms in total. The third-order valence-electron chi connectivity index (χ3n) is 8.04. The molecule has 2 amide bonds. The van der Waals surface area contributed by atoms with E-state index in [2.05, 4.69) is 15.3 Å². The first kappa shape index (κ1) is 32.0. The van der Waals surface area contributed by atoms with E-state index in [9.17, 15) is 24.6 Å². The molecule has 2 aromatic carbocycles. The Hall–Kier alpha value is -4.97. The van der Waals surface area contributed by atoms with Crippen molar-refractivity contribution < 1.29 is 24.5 Å². The maximum Gasteiger partial charge on any atom is 0.407 e. The predicted molar refractivity (Wildman–Crippen MR) is 178 cm³/mol. The van der Waals surface area contributed by atoms with E-state index in [4.69, 9.17) is 27.9 Å². The summed E-state index contributed by atoms with van der Waals surface area (Å²) in [5.74, 6) is 0.162. The van der Waals surface area contributed by atoms with Crippen molar-refractivity contribution in [3.8, 4) is 39.4 Å². The number of benzene rings is 2. The number of hydrogen-bond donors (Lipinski definition) is 3. The average molecular weight is 675 g/mol. The molecule has 0 radical (unpaired) electrons. The Balaban J connectivity index is 1.32. The second-order valence-corrected chi connectivity index (χ2v) is 11.8. The van der Waals surface area contributed by atoms with Crippen molar-refractivity contribution in [2.24, 2.45) is 0 Å². The molecule has 0 saturated carbocycles. The van der Waals surface area contributed by atoms with Crippen molar-refractivity contribution in [3.05, 3.63) is 105 Å². The number of carbonyl (C=O) groups excluding carboxylic acids is 1. The minimum Gasteiger partial charge on any atom is -0.481 e. The van der Waals surface area contributed by atoms with Crippen LogP contribution in [-0.4, -0.2) is 61.2 Å². The predicted octanol–water partition coefficient (Wildman–Crippen LogP) is 5.66. The number of pyridine rings is 2. The van der Waals surface area contributed by atoms with Crippen molar-refractivity contribution in [2.75, 3.05) is 13.7 Å². The topological polar surface area (TPSA) is 146 Å². The first-order valence-corrected chi connectivity index (χ1v) is 15.4. The summed E-state index contributed by atoms with van der Waals surface area (Å²) in [6.07, 6.45) is 1.49. The van der Waals surface area contributed by atoms with Crippen LogP contribution in [0.25, 0.3) is 39.2 Å². The minimum atomic E-state index is -1.12. The second-order valence-electron chi connectivity index (χ2n) is 11.1. The molecule has 0 aliphatic carbocycles. The van der Waals surface area contributed by atoms with Crippen LogP contribution in [0.15, 0.2) is 77.7 Å². The van der Waals surface area contributed by atoms with Crippen LogP contribution in [0.1, 0.15) is 24.1 Å². The average Bonchev–Trinajstić information content (AvgIpc) is 3.49. The molecule has 0 spiro atoms. The molecule has 47 heavy (non-hydrogen) atoms.